The number of nitrogens with zero attached hydrogens (tertiary/aromatic N) is 1. The van der Waals surface area contributed by atoms with Crippen molar-refractivity contribution < 1.29 is 4.74 Å². The van der Waals surface area contributed by atoms with Crippen molar-refractivity contribution in [2.75, 3.05) is 6.61 Å². The van der Waals surface area contributed by atoms with E-state index in [9.17, 15) is 4.79 Å². The van der Waals surface area contributed by atoms with Crippen molar-refractivity contribution >= 4 is 0 Å². The van der Waals surface area contributed by atoms with Crippen molar-refractivity contribution in [1.29, 1.82) is 0 Å². The monoisotopic (exact) mass is 208 g/mol. The molecule has 0 aliphatic heterocycles. The van der Waals surface area contributed by atoms with Gasteiger partial charge >= 0.3 is 5.56 Å². The summed E-state index contributed by atoms with van der Waals surface area (Å²) in [6.45, 7) is 0.625. The number of H-pyrrole nitrogens is 1. The molecule has 0 amide bonds. The van der Waals surface area contributed by atoms with Crippen molar-refractivity contribution in [3.05, 3.63) is 22.7 Å². The van der Waals surface area contributed by atoms with Crippen LogP contribution in [-0.2, 0) is 0 Å². The fourth-order valence-corrected chi connectivity index (χ4v) is 1.99. The minimum atomic E-state index is -0.242. The molecule has 4 nitrogen and oxygen atoms in total. The molecule has 4 heteroatoms. The summed E-state index contributed by atoms with van der Waals surface area (Å²) in [6, 6.07) is 0. The zero-order chi connectivity index (χ0) is 10.5. The van der Waals surface area contributed by atoms with Gasteiger partial charge in [0.15, 0.2) is 0 Å². The third-order valence-electron chi connectivity index (χ3n) is 2.86. The minimum absolute atomic E-state index is 0.197. The number of nitrogens with one attached hydrogen (secondary N) is 1. The van der Waals surface area contributed by atoms with Gasteiger partial charge in [-0.1, -0.05) is 19.3 Å². The van der Waals surface area contributed by atoms with E-state index in [4.69, 9.17) is 4.74 Å². The molecule has 0 aromatic carbocycles. The van der Waals surface area contributed by atoms with E-state index in [1.54, 1.807) is 0 Å². The van der Waals surface area contributed by atoms with Crippen molar-refractivity contribution in [2.45, 2.75) is 32.1 Å². The molecule has 0 spiro atoms. The van der Waals surface area contributed by atoms with Gasteiger partial charge < -0.3 is 9.72 Å². The number of hydrogen-bond donors (Lipinski definition) is 1. The van der Waals surface area contributed by atoms with Crippen molar-refractivity contribution in [3.63, 3.8) is 0 Å². The van der Waals surface area contributed by atoms with Crippen molar-refractivity contribution in [2.24, 2.45) is 5.92 Å². The van der Waals surface area contributed by atoms with E-state index in [-0.39, 0.29) is 11.4 Å². The van der Waals surface area contributed by atoms with Crippen LogP contribution < -0.4 is 10.3 Å². The first-order valence-corrected chi connectivity index (χ1v) is 5.53. The number of rotatable bonds is 3. The normalized spacial score (nSPS) is 17.6. The van der Waals surface area contributed by atoms with Crippen LogP contribution in [0.1, 0.15) is 32.1 Å². The highest BCUT2D eigenvalue weighted by molar-refractivity contribution is 5.02. The Kier molecular flexibility index (Phi) is 3.37. The quantitative estimate of drug-likeness (QED) is 0.823. The fourth-order valence-electron chi connectivity index (χ4n) is 1.99. The Hall–Kier alpha value is -1.32. The van der Waals surface area contributed by atoms with Gasteiger partial charge in [-0.2, -0.15) is 0 Å². The second kappa shape index (κ2) is 4.96. The number of hydrogen-bond acceptors (Lipinski definition) is 3. The Balaban J connectivity index is 1.87. The first kappa shape index (κ1) is 10.2. The molecule has 1 aliphatic carbocycles. The van der Waals surface area contributed by atoms with Crippen LogP contribution in [0, 0.1) is 5.92 Å². The molecule has 1 N–H and O–H groups in total. The standard InChI is InChI=1S/C11H16N2O2/c14-10-11(13-7-6-12-10)15-8-9-4-2-1-3-5-9/h6-7,9H,1-5,8H2,(H,12,14). The maximum atomic E-state index is 11.2. The van der Waals surface area contributed by atoms with E-state index in [2.05, 4.69) is 9.97 Å². The molecule has 1 aromatic heterocycles. The minimum Gasteiger partial charge on any atom is -0.473 e. The van der Waals surface area contributed by atoms with Gasteiger partial charge in [0.25, 0.3) is 5.88 Å². The molecule has 0 atom stereocenters. The first-order chi connectivity index (χ1) is 7.36. The first-order valence-electron chi connectivity index (χ1n) is 5.53. The molecule has 1 fully saturated rings. The predicted octanol–water partition coefficient (Wildman–Crippen LogP) is 1.73. The van der Waals surface area contributed by atoms with Crippen LogP contribution in [-0.4, -0.2) is 16.6 Å². The number of ether oxygens (including phenoxy) is 1. The highest BCUT2D eigenvalue weighted by Crippen LogP contribution is 2.23. The second-order valence-corrected chi connectivity index (χ2v) is 4.04. The third kappa shape index (κ3) is 2.81. The van der Waals surface area contributed by atoms with E-state index < -0.39 is 0 Å². The van der Waals surface area contributed by atoms with Gasteiger partial charge in [-0.05, 0) is 18.8 Å². The van der Waals surface area contributed by atoms with E-state index in [1.165, 1.54) is 44.5 Å². The maximum absolute atomic E-state index is 11.2. The van der Waals surface area contributed by atoms with Crippen LogP contribution in [0.3, 0.4) is 0 Å². The highest BCUT2D eigenvalue weighted by atomic mass is 16.5. The van der Waals surface area contributed by atoms with Gasteiger partial charge in [-0.3, -0.25) is 4.79 Å². The lowest BCUT2D eigenvalue weighted by atomic mass is 9.90. The number of aromatic amines is 1. The molecule has 0 saturated heterocycles. The lowest BCUT2D eigenvalue weighted by molar-refractivity contribution is 0.200. The predicted molar refractivity (Wildman–Crippen MR) is 56.9 cm³/mol. The summed E-state index contributed by atoms with van der Waals surface area (Å²) < 4.78 is 5.42. The van der Waals surface area contributed by atoms with E-state index in [0.717, 1.165) is 0 Å². The Morgan fingerprint density at radius 2 is 2.20 bits per heavy atom. The molecule has 1 aliphatic rings. The van der Waals surface area contributed by atoms with Gasteiger partial charge in [-0.15, -0.1) is 0 Å². The summed E-state index contributed by atoms with van der Waals surface area (Å²) in [6.07, 6.45) is 9.38. The largest absolute Gasteiger partial charge is 0.473 e. The third-order valence-corrected chi connectivity index (χ3v) is 2.86. The van der Waals surface area contributed by atoms with E-state index in [0.29, 0.717) is 12.5 Å². The molecule has 82 valence electrons. The van der Waals surface area contributed by atoms with Crippen LogP contribution in [0.5, 0.6) is 5.88 Å². The molecular weight excluding hydrogens is 192 g/mol. The van der Waals surface area contributed by atoms with E-state index >= 15 is 0 Å². The van der Waals surface area contributed by atoms with E-state index in [1.807, 2.05) is 0 Å². The van der Waals surface area contributed by atoms with Gasteiger partial charge in [-0.25, -0.2) is 4.98 Å². The van der Waals surface area contributed by atoms with Crippen molar-refractivity contribution in [1.82, 2.24) is 9.97 Å². The van der Waals surface area contributed by atoms with Gasteiger partial charge in [0.2, 0.25) is 0 Å². The smallest absolute Gasteiger partial charge is 0.310 e. The fraction of sp³-hybridized carbons (Fsp3) is 0.636. The summed E-state index contributed by atoms with van der Waals surface area (Å²) in [4.78, 5) is 17.7. The molecule has 1 heterocycles. The summed E-state index contributed by atoms with van der Waals surface area (Å²) >= 11 is 0. The summed E-state index contributed by atoms with van der Waals surface area (Å²) in [5.41, 5.74) is -0.242. The Morgan fingerprint density at radius 1 is 1.40 bits per heavy atom. The van der Waals surface area contributed by atoms with Crippen LogP contribution in [0.15, 0.2) is 17.2 Å². The highest BCUT2D eigenvalue weighted by Gasteiger charge is 2.14. The molecular formula is C11H16N2O2. The molecule has 2 rings (SSSR count). The summed E-state index contributed by atoms with van der Waals surface area (Å²) in [7, 11) is 0. The Labute approximate surface area is 88.7 Å². The lowest BCUT2D eigenvalue weighted by Gasteiger charge is -2.20. The van der Waals surface area contributed by atoms with Gasteiger partial charge in [0.1, 0.15) is 0 Å². The zero-order valence-corrected chi connectivity index (χ0v) is 8.74. The lowest BCUT2D eigenvalue weighted by Crippen LogP contribution is -2.19. The van der Waals surface area contributed by atoms with Crippen LogP contribution in [0.4, 0.5) is 0 Å². The summed E-state index contributed by atoms with van der Waals surface area (Å²) in [5.74, 6) is 0.795. The molecule has 0 unspecified atom stereocenters. The van der Waals surface area contributed by atoms with Crippen LogP contribution in [0.2, 0.25) is 0 Å². The Morgan fingerprint density at radius 3 is 2.93 bits per heavy atom. The molecule has 0 radical (unpaired) electrons. The maximum Gasteiger partial charge on any atom is 0.310 e. The molecule has 15 heavy (non-hydrogen) atoms. The molecule has 0 bridgehead atoms. The topological polar surface area (TPSA) is 55.0 Å². The second-order valence-electron chi connectivity index (χ2n) is 4.04. The van der Waals surface area contributed by atoms with Crippen LogP contribution in [0.25, 0.3) is 0 Å². The van der Waals surface area contributed by atoms with Crippen LogP contribution >= 0.6 is 0 Å². The Bertz CT molecular complexity index is 356. The van der Waals surface area contributed by atoms with Gasteiger partial charge in [0.05, 0.1) is 6.61 Å². The average Bonchev–Trinajstić information content (AvgIpc) is 2.29. The summed E-state index contributed by atoms with van der Waals surface area (Å²) in [5, 5.41) is 0. The van der Waals surface area contributed by atoms with Crippen molar-refractivity contribution in [3.8, 4) is 5.88 Å². The average molecular weight is 208 g/mol. The number of aromatic nitrogens is 2. The zero-order valence-electron chi connectivity index (χ0n) is 8.74. The molecule has 1 aromatic rings. The SMILES string of the molecule is O=c1[nH]ccnc1OCC1CCCCC1. The molecule has 1 saturated carbocycles. The van der Waals surface area contributed by atoms with Gasteiger partial charge in [0, 0.05) is 12.4 Å².